The minimum atomic E-state index is 0.238. The van der Waals surface area contributed by atoms with Gasteiger partial charge >= 0.3 is 0 Å². The monoisotopic (exact) mass is 252 g/mol. The molecule has 0 saturated heterocycles. The predicted octanol–water partition coefficient (Wildman–Crippen LogP) is 2.10. The van der Waals surface area contributed by atoms with Gasteiger partial charge in [0, 0.05) is 31.3 Å². The predicted molar refractivity (Wildman–Crippen MR) is 75.4 cm³/mol. The van der Waals surface area contributed by atoms with E-state index in [1.807, 2.05) is 13.1 Å². The Hall–Kier alpha value is -1.23. The lowest BCUT2D eigenvalue weighted by Crippen LogP contribution is -2.33. The Morgan fingerprint density at radius 1 is 1.41 bits per heavy atom. The van der Waals surface area contributed by atoms with Crippen LogP contribution in [0, 0.1) is 0 Å². The van der Waals surface area contributed by atoms with Gasteiger partial charge < -0.3 is 10.6 Å². The largest absolute Gasteiger partial charge is 0.393 e. The van der Waals surface area contributed by atoms with Crippen LogP contribution in [-0.2, 0) is 0 Å². The van der Waals surface area contributed by atoms with Crippen LogP contribution >= 0.6 is 12.2 Å². The molecule has 2 N–H and O–H groups in total. The number of thiocarbonyl (C=S) groups is 1. The van der Waals surface area contributed by atoms with Crippen molar-refractivity contribution in [1.29, 1.82) is 0 Å². The van der Waals surface area contributed by atoms with Crippen LogP contribution in [0.4, 0.5) is 5.82 Å². The van der Waals surface area contributed by atoms with Gasteiger partial charge in [-0.25, -0.2) is 9.97 Å². The highest BCUT2D eigenvalue weighted by atomic mass is 32.1. The Balaban J connectivity index is 2.84. The second-order valence-electron chi connectivity index (χ2n) is 4.59. The fraction of sp³-hybridized carbons (Fsp3) is 0.583. The van der Waals surface area contributed by atoms with Crippen molar-refractivity contribution in [2.24, 2.45) is 5.73 Å². The van der Waals surface area contributed by atoms with E-state index in [9.17, 15) is 0 Å². The molecule has 0 saturated carbocycles. The van der Waals surface area contributed by atoms with Crippen molar-refractivity contribution < 1.29 is 0 Å². The van der Waals surface area contributed by atoms with Gasteiger partial charge in [-0.2, -0.15) is 0 Å². The zero-order valence-corrected chi connectivity index (χ0v) is 11.7. The highest BCUT2D eigenvalue weighted by molar-refractivity contribution is 7.80. The van der Waals surface area contributed by atoms with Gasteiger partial charge in [0.05, 0.1) is 4.99 Å². The molecule has 0 aliphatic rings. The van der Waals surface area contributed by atoms with E-state index in [4.69, 9.17) is 18.0 Å². The highest BCUT2D eigenvalue weighted by Gasteiger charge is 2.13. The maximum Gasteiger partial charge on any atom is 0.132 e. The van der Waals surface area contributed by atoms with E-state index in [-0.39, 0.29) is 6.04 Å². The van der Waals surface area contributed by atoms with Gasteiger partial charge in [0.2, 0.25) is 0 Å². The van der Waals surface area contributed by atoms with Gasteiger partial charge in [0.15, 0.2) is 0 Å². The lowest BCUT2D eigenvalue weighted by Gasteiger charge is -2.26. The zero-order valence-electron chi connectivity index (χ0n) is 10.8. The van der Waals surface area contributed by atoms with E-state index in [1.54, 1.807) is 6.33 Å². The van der Waals surface area contributed by atoms with Crippen LogP contribution in [0.2, 0.25) is 0 Å². The van der Waals surface area contributed by atoms with Crippen LogP contribution in [0.1, 0.15) is 38.8 Å². The Morgan fingerprint density at radius 2 is 2.06 bits per heavy atom. The molecule has 1 unspecified atom stereocenters. The second kappa shape index (κ2) is 5.91. The smallest absolute Gasteiger partial charge is 0.132 e. The Morgan fingerprint density at radius 3 is 2.59 bits per heavy atom. The van der Waals surface area contributed by atoms with E-state index in [0.717, 1.165) is 11.5 Å². The second-order valence-corrected chi connectivity index (χ2v) is 5.11. The maximum absolute atomic E-state index is 5.56. The van der Waals surface area contributed by atoms with Gasteiger partial charge in [0.1, 0.15) is 12.1 Å². The summed E-state index contributed by atoms with van der Waals surface area (Å²) in [6.45, 7) is 6.31. The first-order valence-electron chi connectivity index (χ1n) is 5.75. The molecule has 1 rings (SSSR count). The lowest BCUT2D eigenvalue weighted by molar-refractivity contribution is 0.699. The van der Waals surface area contributed by atoms with Crippen molar-refractivity contribution in [2.75, 3.05) is 11.9 Å². The number of hydrogen-bond acceptors (Lipinski definition) is 4. The maximum atomic E-state index is 5.56. The number of aromatic nitrogens is 2. The van der Waals surface area contributed by atoms with Crippen LogP contribution in [0.5, 0.6) is 0 Å². The van der Waals surface area contributed by atoms with E-state index in [0.29, 0.717) is 17.3 Å². The average molecular weight is 252 g/mol. The minimum absolute atomic E-state index is 0.238. The van der Waals surface area contributed by atoms with Gasteiger partial charge in [-0.05, 0) is 12.8 Å². The molecule has 0 amide bonds. The van der Waals surface area contributed by atoms with Crippen LogP contribution in [0.25, 0.3) is 0 Å². The summed E-state index contributed by atoms with van der Waals surface area (Å²) in [6.07, 6.45) is 2.29. The van der Waals surface area contributed by atoms with Crippen LogP contribution in [-0.4, -0.2) is 28.0 Å². The van der Waals surface area contributed by atoms with Gasteiger partial charge in [-0.1, -0.05) is 26.1 Å². The highest BCUT2D eigenvalue weighted by Crippen LogP contribution is 2.18. The number of hydrogen-bond donors (Lipinski definition) is 1. The average Bonchev–Trinajstić information content (AvgIpc) is 2.27. The number of nitrogens with zero attached hydrogens (tertiary/aromatic N) is 3. The third kappa shape index (κ3) is 3.93. The van der Waals surface area contributed by atoms with Crippen molar-refractivity contribution in [2.45, 2.75) is 39.2 Å². The third-order valence-corrected chi connectivity index (χ3v) is 2.95. The molecule has 1 heterocycles. The van der Waals surface area contributed by atoms with E-state index in [2.05, 4.69) is 35.6 Å². The van der Waals surface area contributed by atoms with Crippen molar-refractivity contribution >= 4 is 23.0 Å². The van der Waals surface area contributed by atoms with Gasteiger partial charge in [0.25, 0.3) is 0 Å². The van der Waals surface area contributed by atoms with Crippen LogP contribution in [0.15, 0.2) is 12.4 Å². The SMILES string of the molecule is CC(C)c1cc(N(C)C(C)CC(N)=S)ncn1. The molecule has 0 radical (unpaired) electrons. The molecule has 1 atom stereocenters. The molecule has 1 aromatic rings. The summed E-state index contributed by atoms with van der Waals surface area (Å²) in [6, 6.07) is 2.25. The topological polar surface area (TPSA) is 55.0 Å². The molecule has 0 aromatic carbocycles. The standard InChI is InChI=1S/C12H20N4S/c1-8(2)10-6-12(15-7-14-10)16(4)9(3)5-11(13)17/h6-9H,5H2,1-4H3,(H2,13,17). The summed E-state index contributed by atoms with van der Waals surface area (Å²) in [5.41, 5.74) is 6.61. The van der Waals surface area contributed by atoms with Gasteiger partial charge in [-0.3, -0.25) is 0 Å². The van der Waals surface area contributed by atoms with Crippen molar-refractivity contribution in [3.05, 3.63) is 18.1 Å². The molecule has 0 spiro atoms. The molecule has 0 aliphatic heterocycles. The van der Waals surface area contributed by atoms with E-state index >= 15 is 0 Å². The number of nitrogens with two attached hydrogens (primary N) is 1. The zero-order chi connectivity index (χ0) is 13.0. The van der Waals surface area contributed by atoms with Crippen LogP contribution < -0.4 is 10.6 Å². The summed E-state index contributed by atoms with van der Waals surface area (Å²) < 4.78 is 0. The molecular weight excluding hydrogens is 232 g/mol. The fourth-order valence-electron chi connectivity index (χ4n) is 1.52. The molecule has 0 fully saturated rings. The Bertz CT molecular complexity index is 392. The minimum Gasteiger partial charge on any atom is -0.393 e. The lowest BCUT2D eigenvalue weighted by atomic mass is 10.1. The molecule has 4 nitrogen and oxygen atoms in total. The van der Waals surface area contributed by atoms with Crippen molar-refractivity contribution in [1.82, 2.24) is 9.97 Å². The molecule has 94 valence electrons. The van der Waals surface area contributed by atoms with E-state index < -0.39 is 0 Å². The fourth-order valence-corrected chi connectivity index (χ4v) is 1.77. The summed E-state index contributed by atoms with van der Waals surface area (Å²) in [5, 5.41) is 0. The number of anilines is 1. The first-order valence-corrected chi connectivity index (χ1v) is 6.15. The Kier molecular flexibility index (Phi) is 4.81. The van der Waals surface area contributed by atoms with Crippen LogP contribution in [0.3, 0.4) is 0 Å². The van der Waals surface area contributed by atoms with E-state index in [1.165, 1.54) is 0 Å². The molecular formula is C12H20N4S. The summed E-state index contributed by atoms with van der Waals surface area (Å²) >= 11 is 4.93. The van der Waals surface area contributed by atoms with Crippen molar-refractivity contribution in [3.8, 4) is 0 Å². The molecule has 0 bridgehead atoms. The molecule has 5 heteroatoms. The number of rotatable bonds is 5. The summed E-state index contributed by atoms with van der Waals surface area (Å²) in [4.78, 5) is 11.1. The first kappa shape index (κ1) is 13.8. The normalized spacial score (nSPS) is 12.5. The first-order chi connectivity index (χ1) is 7.91. The third-order valence-electron chi connectivity index (χ3n) is 2.78. The molecule has 1 aromatic heterocycles. The molecule has 17 heavy (non-hydrogen) atoms. The Labute approximate surface area is 108 Å². The van der Waals surface area contributed by atoms with Gasteiger partial charge in [-0.15, -0.1) is 0 Å². The summed E-state index contributed by atoms with van der Waals surface area (Å²) in [5.74, 6) is 1.31. The summed E-state index contributed by atoms with van der Waals surface area (Å²) in [7, 11) is 2.00. The quantitative estimate of drug-likeness (QED) is 0.813. The van der Waals surface area contributed by atoms with Crippen molar-refractivity contribution in [3.63, 3.8) is 0 Å². The molecule has 0 aliphatic carbocycles.